The number of unbranched alkanes of at least 4 members (excludes halogenated alkanes) is 1. The molecule has 1 unspecified atom stereocenters. The summed E-state index contributed by atoms with van der Waals surface area (Å²) in [5.74, 6) is 0.0228. The number of halogens is 1. The molecule has 0 fully saturated rings. The summed E-state index contributed by atoms with van der Waals surface area (Å²) in [5, 5.41) is 3.86. The molecule has 2 heterocycles. The molecule has 0 aliphatic carbocycles. The number of esters is 1. The van der Waals surface area contributed by atoms with Crippen molar-refractivity contribution in [3.8, 4) is 0 Å². The van der Waals surface area contributed by atoms with Gasteiger partial charge in [-0.05, 0) is 42.7 Å². The predicted molar refractivity (Wildman–Crippen MR) is 131 cm³/mol. The van der Waals surface area contributed by atoms with Gasteiger partial charge in [-0.2, -0.15) is 0 Å². The van der Waals surface area contributed by atoms with Gasteiger partial charge in [0.15, 0.2) is 0 Å². The van der Waals surface area contributed by atoms with Crippen molar-refractivity contribution < 1.29 is 23.8 Å². The second-order valence-electron chi connectivity index (χ2n) is 8.03. The fourth-order valence-electron chi connectivity index (χ4n) is 3.94. The fourth-order valence-corrected chi connectivity index (χ4v) is 5.18. The molecule has 34 heavy (non-hydrogen) atoms. The first-order valence-electron chi connectivity index (χ1n) is 11.2. The number of carbonyl (C=O) groups excluding carboxylic acids is 2. The Bertz CT molecular complexity index is 1160. The highest BCUT2D eigenvalue weighted by Gasteiger charge is 2.41. The van der Waals surface area contributed by atoms with Gasteiger partial charge in [-0.15, -0.1) is 11.8 Å². The van der Waals surface area contributed by atoms with Crippen LogP contribution < -0.4 is 5.32 Å². The van der Waals surface area contributed by atoms with E-state index < -0.39 is 18.0 Å². The second kappa shape index (κ2) is 11.0. The second-order valence-corrected chi connectivity index (χ2v) is 9.48. The van der Waals surface area contributed by atoms with Gasteiger partial charge in [-0.1, -0.05) is 55.3 Å². The van der Waals surface area contributed by atoms with E-state index in [1.165, 1.54) is 0 Å². The molecule has 178 valence electrons. The zero-order chi connectivity index (χ0) is 24.1. The Balaban J connectivity index is 1.66. The monoisotopic (exact) mass is 499 g/mol. The normalized spacial score (nSPS) is 17.3. The molecule has 0 spiro atoms. The molecule has 2 aliphatic heterocycles. The smallest absolute Gasteiger partial charge is 0.456 e. The van der Waals surface area contributed by atoms with Crippen molar-refractivity contribution in [2.24, 2.45) is 0 Å². The summed E-state index contributed by atoms with van der Waals surface area (Å²) >= 11 is 7.77. The number of hydrogen-bond acceptors (Lipinski definition) is 7. The Kier molecular flexibility index (Phi) is 7.85. The van der Waals surface area contributed by atoms with E-state index in [1.54, 1.807) is 11.8 Å². The minimum absolute atomic E-state index is 0.161. The van der Waals surface area contributed by atoms with E-state index >= 15 is 0 Å². The number of cyclic esters (lactones) is 1. The van der Waals surface area contributed by atoms with Crippen LogP contribution in [0.5, 0.6) is 0 Å². The molecule has 0 aromatic heterocycles. The highest BCUT2D eigenvalue weighted by atomic mass is 35.5. The van der Waals surface area contributed by atoms with Crippen molar-refractivity contribution in [3.63, 3.8) is 0 Å². The van der Waals surface area contributed by atoms with E-state index in [0.717, 1.165) is 28.9 Å². The van der Waals surface area contributed by atoms with Crippen LogP contribution in [0.15, 0.2) is 76.2 Å². The third-order valence-electron chi connectivity index (χ3n) is 5.58. The molecule has 0 amide bonds. The van der Waals surface area contributed by atoms with Gasteiger partial charge in [-0.3, -0.25) is 0 Å². The van der Waals surface area contributed by atoms with Crippen molar-refractivity contribution in [1.82, 2.24) is 5.32 Å². The van der Waals surface area contributed by atoms with Gasteiger partial charge in [0.1, 0.15) is 12.4 Å². The van der Waals surface area contributed by atoms with Crippen molar-refractivity contribution in [2.75, 3.05) is 13.2 Å². The summed E-state index contributed by atoms with van der Waals surface area (Å²) in [6, 6.07) is 15.5. The number of nitrogens with one attached hydrogen (secondary N) is 1. The molecule has 0 saturated carbocycles. The van der Waals surface area contributed by atoms with E-state index in [9.17, 15) is 9.59 Å². The number of allylic oxidation sites excluding steroid dienone is 2. The molecule has 2 aromatic rings. The van der Waals surface area contributed by atoms with Crippen LogP contribution in [0.4, 0.5) is 4.79 Å². The number of ether oxygens (including phenoxy) is 3. The summed E-state index contributed by atoms with van der Waals surface area (Å²) < 4.78 is 16.2. The number of benzene rings is 2. The molecule has 8 heteroatoms. The molecule has 4 rings (SSSR count). The predicted octanol–water partition coefficient (Wildman–Crippen LogP) is 6.31. The lowest BCUT2D eigenvalue weighted by Gasteiger charge is -2.28. The van der Waals surface area contributed by atoms with Crippen LogP contribution in [0.2, 0.25) is 5.02 Å². The van der Waals surface area contributed by atoms with Crippen LogP contribution in [-0.2, 0) is 24.8 Å². The van der Waals surface area contributed by atoms with Gasteiger partial charge >= 0.3 is 12.1 Å². The Morgan fingerprint density at radius 3 is 2.85 bits per heavy atom. The maximum atomic E-state index is 12.7. The number of rotatable bonds is 8. The summed E-state index contributed by atoms with van der Waals surface area (Å²) in [6.45, 7) is 4.27. The minimum atomic E-state index is -0.783. The summed E-state index contributed by atoms with van der Waals surface area (Å²) in [4.78, 5) is 26.2. The SMILES string of the molecule is CCCCOC(=O)OC1=C(C)NC2=C(C(=O)OC2)C1c1ccccc1SCc1cccc(Cl)c1. The Morgan fingerprint density at radius 1 is 1.24 bits per heavy atom. The summed E-state index contributed by atoms with van der Waals surface area (Å²) in [5.41, 5.74) is 3.73. The fraction of sp³-hybridized carbons (Fsp3) is 0.308. The highest BCUT2D eigenvalue weighted by Crippen LogP contribution is 2.44. The van der Waals surface area contributed by atoms with E-state index in [-0.39, 0.29) is 13.2 Å². The third-order valence-corrected chi connectivity index (χ3v) is 6.97. The average Bonchev–Trinajstić information content (AvgIpc) is 3.18. The quantitative estimate of drug-likeness (QED) is 0.259. The Morgan fingerprint density at radius 2 is 2.06 bits per heavy atom. The van der Waals surface area contributed by atoms with Crippen LogP contribution in [0.25, 0.3) is 0 Å². The van der Waals surface area contributed by atoms with Crippen LogP contribution in [0.3, 0.4) is 0 Å². The lowest BCUT2D eigenvalue weighted by Crippen LogP contribution is -2.28. The van der Waals surface area contributed by atoms with Crippen molar-refractivity contribution in [2.45, 2.75) is 43.3 Å². The largest absolute Gasteiger partial charge is 0.513 e. The van der Waals surface area contributed by atoms with Crippen LogP contribution in [0, 0.1) is 0 Å². The van der Waals surface area contributed by atoms with E-state index in [4.69, 9.17) is 25.8 Å². The molecule has 0 bridgehead atoms. The first-order valence-corrected chi connectivity index (χ1v) is 12.5. The van der Waals surface area contributed by atoms with Crippen molar-refractivity contribution in [1.29, 1.82) is 0 Å². The number of carbonyl (C=O) groups is 2. The zero-order valence-corrected chi connectivity index (χ0v) is 20.6. The van der Waals surface area contributed by atoms with Gasteiger partial charge in [0, 0.05) is 15.7 Å². The van der Waals surface area contributed by atoms with Crippen LogP contribution >= 0.6 is 23.4 Å². The average molecular weight is 500 g/mol. The third kappa shape index (κ3) is 5.42. The lowest BCUT2D eigenvalue weighted by atomic mass is 9.85. The summed E-state index contributed by atoms with van der Waals surface area (Å²) in [7, 11) is 0. The van der Waals surface area contributed by atoms with Gasteiger partial charge in [0.2, 0.25) is 0 Å². The first-order chi connectivity index (χ1) is 16.5. The number of thioether (sulfide) groups is 1. The maximum Gasteiger partial charge on any atom is 0.513 e. The van der Waals surface area contributed by atoms with E-state index in [2.05, 4.69) is 5.32 Å². The molecular formula is C26H26ClNO5S. The maximum absolute atomic E-state index is 12.7. The van der Waals surface area contributed by atoms with Crippen LogP contribution in [-0.4, -0.2) is 25.3 Å². The summed E-state index contributed by atoms with van der Waals surface area (Å²) in [6.07, 6.45) is 0.867. The molecule has 6 nitrogen and oxygen atoms in total. The Hall–Kier alpha value is -2.90. The molecular weight excluding hydrogens is 474 g/mol. The highest BCUT2D eigenvalue weighted by molar-refractivity contribution is 7.98. The topological polar surface area (TPSA) is 73.9 Å². The molecule has 0 radical (unpaired) electrons. The minimum Gasteiger partial charge on any atom is -0.456 e. The number of dihydropyridines is 1. The van der Waals surface area contributed by atoms with E-state index in [1.807, 2.05) is 62.4 Å². The molecule has 0 saturated heterocycles. The van der Waals surface area contributed by atoms with Crippen molar-refractivity contribution >= 4 is 35.5 Å². The molecule has 1 atom stereocenters. The van der Waals surface area contributed by atoms with Gasteiger partial charge in [0.25, 0.3) is 0 Å². The van der Waals surface area contributed by atoms with Gasteiger partial charge < -0.3 is 19.5 Å². The van der Waals surface area contributed by atoms with Gasteiger partial charge in [0.05, 0.1) is 29.5 Å². The molecule has 2 aliphatic rings. The standard InChI is InChI=1S/C26H26ClNO5S/c1-3-4-12-31-26(30)33-24-16(2)28-20-14-32-25(29)23(20)22(24)19-10-5-6-11-21(19)34-15-17-8-7-9-18(27)13-17/h5-11,13,22,28H,3-4,12,14-15H2,1-2H3. The van der Waals surface area contributed by atoms with Gasteiger partial charge in [-0.25, -0.2) is 9.59 Å². The number of hydrogen-bond donors (Lipinski definition) is 1. The molecule has 2 aromatic carbocycles. The van der Waals surface area contributed by atoms with Crippen molar-refractivity contribution in [3.05, 3.63) is 87.4 Å². The molecule has 1 N–H and O–H groups in total. The Labute approximate surface area is 208 Å². The van der Waals surface area contributed by atoms with Crippen LogP contribution in [0.1, 0.15) is 43.7 Å². The van der Waals surface area contributed by atoms with E-state index in [0.29, 0.717) is 33.5 Å². The lowest BCUT2D eigenvalue weighted by molar-refractivity contribution is -0.136. The zero-order valence-electron chi connectivity index (χ0n) is 19.1. The first kappa shape index (κ1) is 24.2.